The first-order valence-electron chi connectivity index (χ1n) is 6.43. The fourth-order valence-corrected chi connectivity index (χ4v) is 2.74. The molecule has 2 heterocycles. The fraction of sp³-hybridized carbons (Fsp3) is 0.0625. The zero-order chi connectivity index (χ0) is 14.4. The highest BCUT2D eigenvalue weighted by atomic mass is 32.1. The molecule has 21 heavy (non-hydrogen) atoms. The van der Waals surface area contributed by atoms with Crippen LogP contribution in [-0.2, 0) is 0 Å². The highest BCUT2D eigenvalue weighted by Gasteiger charge is 2.15. The number of aromatic nitrogens is 1. The van der Waals surface area contributed by atoms with Gasteiger partial charge < -0.3 is 14.5 Å². The lowest BCUT2D eigenvalue weighted by atomic mass is 10.1. The van der Waals surface area contributed by atoms with Crippen molar-refractivity contribution in [1.82, 2.24) is 4.98 Å². The van der Waals surface area contributed by atoms with Crippen LogP contribution in [0.15, 0.2) is 42.5 Å². The van der Waals surface area contributed by atoms with Crippen molar-refractivity contribution in [2.75, 3.05) is 6.79 Å². The van der Waals surface area contributed by atoms with Crippen LogP contribution in [0.4, 0.5) is 4.39 Å². The molecule has 0 saturated heterocycles. The third-order valence-corrected chi connectivity index (χ3v) is 3.80. The van der Waals surface area contributed by atoms with Crippen molar-refractivity contribution >= 4 is 23.1 Å². The van der Waals surface area contributed by atoms with E-state index in [1.165, 1.54) is 12.1 Å². The first-order valence-corrected chi connectivity index (χ1v) is 6.84. The predicted molar refractivity (Wildman–Crippen MR) is 80.6 cm³/mol. The maximum Gasteiger partial charge on any atom is 0.231 e. The summed E-state index contributed by atoms with van der Waals surface area (Å²) in [5.74, 6) is 1.10. The second kappa shape index (κ2) is 4.56. The van der Waals surface area contributed by atoms with Crippen LogP contribution in [0.1, 0.15) is 0 Å². The standard InChI is InChI=1S/C16H10FNO2S/c17-10-3-1-2-9(4-10)12-7-16(21)11-5-14-15(20-8-19-14)6-13(11)18-12/h1-7H,8H2,(H,18,21). The Morgan fingerprint density at radius 1 is 1.05 bits per heavy atom. The molecule has 0 aliphatic carbocycles. The number of H-pyrrole nitrogens is 1. The van der Waals surface area contributed by atoms with E-state index in [4.69, 9.17) is 21.7 Å². The quantitative estimate of drug-likeness (QED) is 0.675. The van der Waals surface area contributed by atoms with Crippen LogP contribution in [-0.4, -0.2) is 11.8 Å². The van der Waals surface area contributed by atoms with Gasteiger partial charge >= 0.3 is 0 Å². The predicted octanol–water partition coefficient (Wildman–Crippen LogP) is 4.43. The van der Waals surface area contributed by atoms with Gasteiger partial charge in [0.1, 0.15) is 5.82 Å². The van der Waals surface area contributed by atoms with Crippen LogP contribution < -0.4 is 9.47 Å². The van der Waals surface area contributed by atoms with Crippen molar-refractivity contribution in [3.05, 3.63) is 52.8 Å². The lowest BCUT2D eigenvalue weighted by molar-refractivity contribution is 0.174. The molecule has 104 valence electrons. The minimum absolute atomic E-state index is 0.217. The average Bonchev–Trinajstić information content (AvgIpc) is 2.92. The number of rotatable bonds is 1. The summed E-state index contributed by atoms with van der Waals surface area (Å²) >= 11 is 5.44. The molecule has 0 radical (unpaired) electrons. The molecule has 1 aromatic heterocycles. The van der Waals surface area contributed by atoms with E-state index < -0.39 is 0 Å². The molecule has 0 amide bonds. The Labute approximate surface area is 125 Å². The summed E-state index contributed by atoms with van der Waals surface area (Å²) in [7, 11) is 0. The van der Waals surface area contributed by atoms with Gasteiger partial charge in [-0.1, -0.05) is 24.4 Å². The van der Waals surface area contributed by atoms with Crippen LogP contribution in [0.2, 0.25) is 0 Å². The van der Waals surface area contributed by atoms with E-state index in [1.54, 1.807) is 6.07 Å². The van der Waals surface area contributed by atoms with Gasteiger partial charge in [0.25, 0.3) is 0 Å². The summed E-state index contributed by atoms with van der Waals surface area (Å²) in [5, 5.41) is 0.884. The third kappa shape index (κ3) is 2.06. The minimum atomic E-state index is -0.280. The zero-order valence-electron chi connectivity index (χ0n) is 10.9. The van der Waals surface area contributed by atoms with Gasteiger partial charge in [0.05, 0.1) is 5.52 Å². The van der Waals surface area contributed by atoms with Crippen LogP contribution in [0.3, 0.4) is 0 Å². The van der Waals surface area contributed by atoms with Crippen molar-refractivity contribution in [3.8, 4) is 22.8 Å². The molecular weight excluding hydrogens is 289 g/mol. The Balaban J connectivity index is 1.97. The maximum absolute atomic E-state index is 13.4. The first-order chi connectivity index (χ1) is 10.2. The van der Waals surface area contributed by atoms with Gasteiger partial charge in [-0.25, -0.2) is 4.39 Å². The van der Waals surface area contributed by atoms with E-state index in [0.29, 0.717) is 16.0 Å². The van der Waals surface area contributed by atoms with Crippen LogP contribution in [0.25, 0.3) is 22.2 Å². The molecule has 4 rings (SSSR count). The molecule has 0 spiro atoms. The molecule has 0 fully saturated rings. The molecule has 3 aromatic rings. The molecule has 0 atom stereocenters. The zero-order valence-corrected chi connectivity index (χ0v) is 11.7. The summed E-state index contributed by atoms with van der Waals surface area (Å²) in [5.41, 5.74) is 2.36. The maximum atomic E-state index is 13.4. The summed E-state index contributed by atoms with van der Waals surface area (Å²) in [4.78, 5) is 3.27. The number of hydrogen-bond donors (Lipinski definition) is 1. The average molecular weight is 299 g/mol. The molecule has 1 N–H and O–H groups in total. The SMILES string of the molecule is Fc1cccc(-c2cc(=S)c3cc4c(cc3[nH]2)OCO4)c1. The largest absolute Gasteiger partial charge is 0.454 e. The topological polar surface area (TPSA) is 34.2 Å². The molecule has 5 heteroatoms. The Hall–Kier alpha value is -2.40. The van der Waals surface area contributed by atoms with Gasteiger partial charge in [-0.05, 0) is 24.3 Å². The number of ether oxygens (including phenoxy) is 2. The second-order valence-electron chi connectivity index (χ2n) is 4.81. The summed E-state index contributed by atoms with van der Waals surface area (Å²) < 4.78 is 24.8. The number of hydrogen-bond acceptors (Lipinski definition) is 3. The van der Waals surface area contributed by atoms with E-state index in [1.807, 2.05) is 24.3 Å². The van der Waals surface area contributed by atoms with Gasteiger partial charge in [0.15, 0.2) is 11.5 Å². The van der Waals surface area contributed by atoms with Crippen molar-refractivity contribution in [1.29, 1.82) is 0 Å². The van der Waals surface area contributed by atoms with Crippen LogP contribution in [0, 0.1) is 10.3 Å². The highest BCUT2D eigenvalue weighted by Crippen LogP contribution is 2.36. The third-order valence-electron chi connectivity index (χ3n) is 3.46. The van der Waals surface area contributed by atoms with E-state index in [0.717, 1.165) is 22.2 Å². The molecule has 3 nitrogen and oxygen atoms in total. The van der Waals surface area contributed by atoms with E-state index in [-0.39, 0.29) is 12.6 Å². The molecule has 0 unspecified atom stereocenters. The summed E-state index contributed by atoms with van der Waals surface area (Å²) in [6.45, 7) is 0.217. The molecule has 0 bridgehead atoms. The summed E-state index contributed by atoms with van der Waals surface area (Å²) in [6, 6.07) is 11.9. The molecular formula is C16H10FNO2S. The highest BCUT2D eigenvalue weighted by molar-refractivity contribution is 7.71. The van der Waals surface area contributed by atoms with E-state index >= 15 is 0 Å². The second-order valence-corrected chi connectivity index (χ2v) is 5.25. The number of aromatic amines is 1. The van der Waals surface area contributed by atoms with Gasteiger partial charge in [-0.3, -0.25) is 0 Å². The number of benzene rings is 2. The molecule has 1 aliphatic heterocycles. The van der Waals surface area contributed by atoms with Crippen molar-refractivity contribution < 1.29 is 13.9 Å². The smallest absolute Gasteiger partial charge is 0.231 e. The Morgan fingerprint density at radius 2 is 1.86 bits per heavy atom. The fourth-order valence-electron chi connectivity index (χ4n) is 2.45. The van der Waals surface area contributed by atoms with Gasteiger partial charge in [0.2, 0.25) is 6.79 Å². The van der Waals surface area contributed by atoms with E-state index in [2.05, 4.69) is 4.98 Å². The normalized spacial score (nSPS) is 12.8. The van der Waals surface area contributed by atoms with Gasteiger partial charge in [0, 0.05) is 27.2 Å². The van der Waals surface area contributed by atoms with Crippen molar-refractivity contribution in [2.24, 2.45) is 0 Å². The number of fused-ring (bicyclic) bond motifs is 2. The first kappa shape index (κ1) is 12.3. The van der Waals surface area contributed by atoms with E-state index in [9.17, 15) is 4.39 Å². The van der Waals surface area contributed by atoms with Crippen molar-refractivity contribution in [3.63, 3.8) is 0 Å². The number of nitrogens with one attached hydrogen (secondary N) is 1. The molecule has 0 saturated carbocycles. The Bertz CT molecular complexity index is 920. The van der Waals surface area contributed by atoms with Crippen LogP contribution >= 0.6 is 12.2 Å². The molecule has 2 aromatic carbocycles. The number of pyridine rings is 1. The lowest BCUT2D eigenvalue weighted by Crippen LogP contribution is -1.92. The number of halogens is 1. The lowest BCUT2D eigenvalue weighted by Gasteiger charge is -2.07. The van der Waals surface area contributed by atoms with Crippen molar-refractivity contribution in [2.45, 2.75) is 0 Å². The van der Waals surface area contributed by atoms with Gasteiger partial charge in [-0.2, -0.15) is 0 Å². The van der Waals surface area contributed by atoms with Crippen LogP contribution in [0.5, 0.6) is 11.5 Å². The summed E-state index contributed by atoms with van der Waals surface area (Å²) in [6.07, 6.45) is 0. The van der Waals surface area contributed by atoms with Gasteiger partial charge in [-0.15, -0.1) is 0 Å². The molecule has 1 aliphatic rings. The monoisotopic (exact) mass is 299 g/mol. The minimum Gasteiger partial charge on any atom is -0.454 e. The Morgan fingerprint density at radius 3 is 2.67 bits per heavy atom. The Kier molecular flexibility index (Phi) is 2.68.